The molecule has 1 heteroatoms. The van der Waals surface area contributed by atoms with Gasteiger partial charge in [-0.1, -0.05) is 25.5 Å². The SMILES string of the molecule is CCCCc1cc(C)c(CC2(S)CC2)c(C)c1. The molecule has 1 aliphatic rings. The number of aryl methyl sites for hydroxylation is 3. The lowest BCUT2D eigenvalue weighted by Crippen LogP contribution is -2.07. The molecule has 1 aromatic rings. The van der Waals surface area contributed by atoms with Gasteiger partial charge in [-0.3, -0.25) is 0 Å². The molecule has 1 saturated carbocycles. The average Bonchev–Trinajstić information content (AvgIpc) is 2.99. The molecule has 0 amide bonds. The van der Waals surface area contributed by atoms with Gasteiger partial charge in [0.05, 0.1) is 0 Å². The molecule has 1 aliphatic carbocycles. The molecule has 0 aliphatic heterocycles. The highest BCUT2D eigenvalue weighted by atomic mass is 32.1. The summed E-state index contributed by atoms with van der Waals surface area (Å²) in [6, 6.07) is 4.77. The van der Waals surface area contributed by atoms with E-state index in [2.05, 4.69) is 32.9 Å². The summed E-state index contributed by atoms with van der Waals surface area (Å²) in [6.07, 6.45) is 7.53. The van der Waals surface area contributed by atoms with E-state index in [1.807, 2.05) is 0 Å². The summed E-state index contributed by atoms with van der Waals surface area (Å²) in [5.74, 6) is 0. The van der Waals surface area contributed by atoms with Crippen LogP contribution >= 0.6 is 12.6 Å². The summed E-state index contributed by atoms with van der Waals surface area (Å²) >= 11 is 4.75. The maximum Gasteiger partial charge on any atom is 0.0171 e. The number of rotatable bonds is 5. The maximum absolute atomic E-state index is 4.75. The van der Waals surface area contributed by atoms with Gasteiger partial charge in [-0.15, -0.1) is 0 Å². The second kappa shape index (κ2) is 5.06. The van der Waals surface area contributed by atoms with Crippen LogP contribution in [0.15, 0.2) is 12.1 Å². The summed E-state index contributed by atoms with van der Waals surface area (Å²) in [7, 11) is 0. The van der Waals surface area contributed by atoms with E-state index in [0.717, 1.165) is 6.42 Å². The number of hydrogen-bond donors (Lipinski definition) is 1. The third-order valence-electron chi connectivity index (χ3n) is 3.91. The van der Waals surface area contributed by atoms with E-state index in [0.29, 0.717) is 4.75 Å². The fraction of sp³-hybridized carbons (Fsp3) is 0.625. The highest BCUT2D eigenvalue weighted by Crippen LogP contribution is 2.45. The topological polar surface area (TPSA) is 0 Å². The first-order valence-corrected chi connectivity index (χ1v) is 7.30. The standard InChI is InChI=1S/C16H24S/c1-4-5-6-14-9-12(2)15(13(3)10-14)11-16(17)7-8-16/h9-10,17H,4-8,11H2,1-3H3. The van der Waals surface area contributed by atoms with Crippen molar-refractivity contribution in [3.8, 4) is 0 Å². The van der Waals surface area contributed by atoms with E-state index in [9.17, 15) is 0 Å². The Morgan fingerprint density at radius 1 is 1.18 bits per heavy atom. The lowest BCUT2D eigenvalue weighted by molar-refractivity contribution is 0.791. The van der Waals surface area contributed by atoms with Crippen LogP contribution < -0.4 is 0 Å². The molecule has 0 spiro atoms. The van der Waals surface area contributed by atoms with Gasteiger partial charge in [-0.25, -0.2) is 0 Å². The van der Waals surface area contributed by atoms with Crippen molar-refractivity contribution in [2.45, 2.75) is 64.0 Å². The largest absolute Gasteiger partial charge is 0.172 e. The summed E-state index contributed by atoms with van der Waals surface area (Å²) < 4.78 is 0.320. The van der Waals surface area contributed by atoms with Crippen LogP contribution in [0, 0.1) is 13.8 Å². The van der Waals surface area contributed by atoms with Gasteiger partial charge >= 0.3 is 0 Å². The fourth-order valence-electron chi connectivity index (χ4n) is 2.54. The third-order valence-corrected chi connectivity index (χ3v) is 4.51. The van der Waals surface area contributed by atoms with Gasteiger partial charge in [0.25, 0.3) is 0 Å². The van der Waals surface area contributed by atoms with Crippen LogP contribution in [0.1, 0.15) is 54.9 Å². The molecule has 0 heterocycles. The van der Waals surface area contributed by atoms with Crippen molar-refractivity contribution in [2.24, 2.45) is 0 Å². The Balaban J connectivity index is 2.16. The zero-order valence-corrected chi connectivity index (χ0v) is 12.2. The van der Waals surface area contributed by atoms with E-state index in [1.165, 1.54) is 54.4 Å². The Kier molecular flexibility index (Phi) is 3.87. The van der Waals surface area contributed by atoms with Gasteiger partial charge in [-0.2, -0.15) is 12.6 Å². The Morgan fingerprint density at radius 2 is 1.76 bits per heavy atom. The summed E-state index contributed by atoms with van der Waals surface area (Å²) in [5.41, 5.74) is 5.99. The van der Waals surface area contributed by atoms with Crippen LogP contribution in [-0.2, 0) is 12.8 Å². The van der Waals surface area contributed by atoms with Gasteiger partial charge in [0.2, 0.25) is 0 Å². The highest BCUT2D eigenvalue weighted by Gasteiger charge is 2.39. The predicted octanol–water partition coefficient (Wildman–Crippen LogP) is 4.65. The molecule has 0 unspecified atom stereocenters. The molecule has 0 atom stereocenters. The summed E-state index contributed by atoms with van der Waals surface area (Å²) in [4.78, 5) is 0. The first kappa shape index (κ1) is 13.0. The number of thiol groups is 1. The molecule has 94 valence electrons. The second-order valence-corrected chi connectivity index (χ2v) is 6.66. The van der Waals surface area contributed by atoms with Crippen LogP contribution in [0.25, 0.3) is 0 Å². The summed E-state index contributed by atoms with van der Waals surface area (Å²) in [6.45, 7) is 6.78. The Bertz CT molecular complexity index is 379. The summed E-state index contributed by atoms with van der Waals surface area (Å²) in [5, 5.41) is 0. The zero-order valence-electron chi connectivity index (χ0n) is 11.3. The van der Waals surface area contributed by atoms with Crippen LogP contribution in [0.2, 0.25) is 0 Å². The maximum atomic E-state index is 4.75. The van der Waals surface area contributed by atoms with Gasteiger partial charge in [0.1, 0.15) is 0 Å². The molecule has 0 saturated heterocycles. The Labute approximate surface area is 111 Å². The van der Waals surface area contributed by atoms with E-state index < -0.39 is 0 Å². The van der Waals surface area contributed by atoms with Crippen molar-refractivity contribution in [2.75, 3.05) is 0 Å². The molecule has 1 aromatic carbocycles. The number of unbranched alkanes of at least 4 members (excludes halogenated alkanes) is 1. The second-order valence-electron chi connectivity index (χ2n) is 5.71. The average molecular weight is 248 g/mol. The molecule has 2 rings (SSSR count). The first-order chi connectivity index (χ1) is 8.04. The van der Waals surface area contributed by atoms with Crippen LogP contribution in [0.3, 0.4) is 0 Å². The molecule has 0 aromatic heterocycles. The first-order valence-electron chi connectivity index (χ1n) is 6.85. The van der Waals surface area contributed by atoms with Gasteiger partial charge in [0, 0.05) is 4.75 Å². The van der Waals surface area contributed by atoms with E-state index in [-0.39, 0.29) is 0 Å². The monoisotopic (exact) mass is 248 g/mol. The van der Waals surface area contributed by atoms with Crippen LogP contribution in [0.5, 0.6) is 0 Å². The van der Waals surface area contributed by atoms with E-state index in [1.54, 1.807) is 0 Å². The molecule has 0 nitrogen and oxygen atoms in total. The van der Waals surface area contributed by atoms with Crippen molar-refractivity contribution in [3.63, 3.8) is 0 Å². The third kappa shape index (κ3) is 3.28. The Hall–Kier alpha value is -0.430. The van der Waals surface area contributed by atoms with Crippen LogP contribution in [-0.4, -0.2) is 4.75 Å². The zero-order chi connectivity index (χ0) is 12.5. The van der Waals surface area contributed by atoms with Crippen molar-refractivity contribution >= 4 is 12.6 Å². The van der Waals surface area contributed by atoms with Gasteiger partial charge in [-0.05, 0) is 68.2 Å². The number of benzene rings is 1. The van der Waals surface area contributed by atoms with Crippen molar-refractivity contribution < 1.29 is 0 Å². The smallest absolute Gasteiger partial charge is 0.0171 e. The normalized spacial score (nSPS) is 17.2. The van der Waals surface area contributed by atoms with E-state index in [4.69, 9.17) is 12.6 Å². The Morgan fingerprint density at radius 3 is 2.24 bits per heavy atom. The fourth-order valence-corrected chi connectivity index (χ4v) is 2.81. The molecule has 17 heavy (non-hydrogen) atoms. The minimum absolute atomic E-state index is 0.320. The van der Waals surface area contributed by atoms with Crippen LogP contribution in [0.4, 0.5) is 0 Å². The van der Waals surface area contributed by atoms with Gasteiger partial charge in [0.15, 0.2) is 0 Å². The quantitative estimate of drug-likeness (QED) is 0.720. The molecule has 0 radical (unpaired) electrons. The lowest BCUT2D eigenvalue weighted by atomic mass is 9.93. The van der Waals surface area contributed by atoms with Crippen molar-refractivity contribution in [1.29, 1.82) is 0 Å². The minimum Gasteiger partial charge on any atom is -0.172 e. The molecular formula is C16H24S. The molecular weight excluding hydrogens is 224 g/mol. The molecule has 0 bridgehead atoms. The van der Waals surface area contributed by atoms with Gasteiger partial charge < -0.3 is 0 Å². The van der Waals surface area contributed by atoms with Crippen molar-refractivity contribution in [1.82, 2.24) is 0 Å². The van der Waals surface area contributed by atoms with Crippen molar-refractivity contribution in [3.05, 3.63) is 34.4 Å². The highest BCUT2D eigenvalue weighted by molar-refractivity contribution is 7.82. The lowest BCUT2D eigenvalue weighted by Gasteiger charge is -2.15. The van der Waals surface area contributed by atoms with E-state index >= 15 is 0 Å². The molecule has 1 fully saturated rings. The molecule has 0 N–H and O–H groups in total. The number of hydrogen-bond acceptors (Lipinski definition) is 1. The minimum atomic E-state index is 0.320. The predicted molar refractivity (Wildman–Crippen MR) is 79.2 cm³/mol.